The van der Waals surface area contributed by atoms with Gasteiger partial charge in [0.1, 0.15) is 5.75 Å². The SMILES string of the molecule is CCOc1ccc(C(Br)c2cccc(F)c2F)c(Br)c1. The standard InChI is InChI=1S/C15H12Br2F2O/c1-2-20-9-6-7-10(12(16)8-9)14(17)11-4-3-5-13(18)15(11)19/h3-8,14H,2H2,1H3. The van der Waals surface area contributed by atoms with Crippen LogP contribution in [0.5, 0.6) is 5.75 Å². The maximum atomic E-state index is 13.8. The maximum Gasteiger partial charge on any atom is 0.163 e. The molecular weight excluding hydrogens is 394 g/mol. The maximum absolute atomic E-state index is 13.8. The summed E-state index contributed by atoms with van der Waals surface area (Å²) in [4.78, 5) is -0.441. The zero-order chi connectivity index (χ0) is 14.7. The van der Waals surface area contributed by atoms with Crippen LogP contribution in [-0.2, 0) is 0 Å². The molecule has 0 aliphatic rings. The van der Waals surface area contributed by atoms with E-state index in [2.05, 4.69) is 31.9 Å². The van der Waals surface area contributed by atoms with Crippen LogP contribution in [0.3, 0.4) is 0 Å². The monoisotopic (exact) mass is 404 g/mol. The molecule has 1 nitrogen and oxygen atoms in total. The van der Waals surface area contributed by atoms with E-state index < -0.39 is 16.5 Å². The quantitative estimate of drug-likeness (QED) is 0.600. The first-order chi connectivity index (χ1) is 9.54. The molecule has 1 atom stereocenters. The molecule has 0 bridgehead atoms. The molecule has 0 aliphatic carbocycles. The molecule has 2 aromatic rings. The Kier molecular flexibility index (Phi) is 5.16. The van der Waals surface area contributed by atoms with E-state index in [0.29, 0.717) is 6.61 Å². The second-order valence-electron chi connectivity index (χ2n) is 4.12. The summed E-state index contributed by atoms with van der Waals surface area (Å²) in [6, 6.07) is 9.58. The molecule has 0 fully saturated rings. The molecule has 106 valence electrons. The van der Waals surface area contributed by atoms with E-state index in [0.717, 1.165) is 21.9 Å². The first-order valence-corrected chi connectivity index (χ1v) is 7.75. The van der Waals surface area contributed by atoms with Crippen molar-refractivity contribution in [3.63, 3.8) is 0 Å². The van der Waals surface area contributed by atoms with Crippen molar-refractivity contribution in [1.82, 2.24) is 0 Å². The molecule has 20 heavy (non-hydrogen) atoms. The van der Waals surface area contributed by atoms with Crippen molar-refractivity contribution in [2.75, 3.05) is 6.61 Å². The molecule has 1 unspecified atom stereocenters. The minimum atomic E-state index is -0.853. The first kappa shape index (κ1) is 15.4. The van der Waals surface area contributed by atoms with E-state index in [1.54, 1.807) is 12.1 Å². The fourth-order valence-corrected chi connectivity index (χ4v) is 3.50. The Hall–Kier alpha value is -0.940. The zero-order valence-corrected chi connectivity index (χ0v) is 13.8. The molecule has 2 rings (SSSR count). The number of hydrogen-bond donors (Lipinski definition) is 0. The molecule has 0 heterocycles. The summed E-state index contributed by atoms with van der Waals surface area (Å²) in [6.07, 6.45) is 0. The van der Waals surface area contributed by atoms with Crippen LogP contribution in [0, 0.1) is 11.6 Å². The van der Waals surface area contributed by atoms with E-state index in [4.69, 9.17) is 4.74 Å². The minimum absolute atomic E-state index is 0.259. The van der Waals surface area contributed by atoms with E-state index in [1.807, 2.05) is 19.1 Å². The number of rotatable bonds is 4. The predicted octanol–water partition coefficient (Wildman–Crippen LogP) is 5.61. The highest BCUT2D eigenvalue weighted by molar-refractivity contribution is 9.11. The van der Waals surface area contributed by atoms with Crippen molar-refractivity contribution in [1.29, 1.82) is 0 Å². The van der Waals surface area contributed by atoms with Gasteiger partial charge in [-0.2, -0.15) is 0 Å². The Bertz CT molecular complexity index is 617. The van der Waals surface area contributed by atoms with Crippen molar-refractivity contribution in [3.05, 3.63) is 63.6 Å². The van der Waals surface area contributed by atoms with Gasteiger partial charge in [-0.3, -0.25) is 0 Å². The molecular formula is C15H12Br2F2O. The average Bonchev–Trinajstić information content (AvgIpc) is 2.42. The fraction of sp³-hybridized carbons (Fsp3) is 0.200. The topological polar surface area (TPSA) is 9.23 Å². The van der Waals surface area contributed by atoms with Crippen LogP contribution in [-0.4, -0.2) is 6.61 Å². The Morgan fingerprint density at radius 1 is 1.15 bits per heavy atom. The summed E-state index contributed by atoms with van der Waals surface area (Å²) in [6.45, 7) is 2.47. The third-order valence-electron chi connectivity index (χ3n) is 2.81. The van der Waals surface area contributed by atoms with Gasteiger partial charge in [-0.1, -0.05) is 50.1 Å². The summed E-state index contributed by atoms with van der Waals surface area (Å²) in [5.41, 5.74) is 1.06. The van der Waals surface area contributed by atoms with Crippen molar-refractivity contribution in [2.24, 2.45) is 0 Å². The van der Waals surface area contributed by atoms with Crippen molar-refractivity contribution >= 4 is 31.9 Å². The van der Waals surface area contributed by atoms with Gasteiger partial charge in [0.05, 0.1) is 11.4 Å². The highest BCUT2D eigenvalue weighted by atomic mass is 79.9. The summed E-state index contributed by atoms with van der Waals surface area (Å²) in [7, 11) is 0. The second kappa shape index (κ2) is 6.68. The summed E-state index contributed by atoms with van der Waals surface area (Å²) < 4.78 is 33.3. The largest absolute Gasteiger partial charge is 0.494 e. The molecule has 5 heteroatoms. The molecule has 0 radical (unpaired) electrons. The van der Waals surface area contributed by atoms with E-state index >= 15 is 0 Å². The number of alkyl halides is 1. The van der Waals surface area contributed by atoms with Gasteiger partial charge in [-0.15, -0.1) is 0 Å². The highest BCUT2D eigenvalue weighted by Crippen LogP contribution is 2.38. The third kappa shape index (κ3) is 3.20. The number of halogens is 4. The van der Waals surface area contributed by atoms with Crippen LogP contribution in [0.25, 0.3) is 0 Å². The molecule has 0 aliphatic heterocycles. The predicted molar refractivity (Wildman–Crippen MR) is 82.4 cm³/mol. The third-order valence-corrected chi connectivity index (χ3v) is 4.48. The van der Waals surface area contributed by atoms with Crippen molar-refractivity contribution in [3.8, 4) is 5.75 Å². The lowest BCUT2D eigenvalue weighted by Gasteiger charge is -2.15. The Labute approximate surface area is 133 Å². The van der Waals surface area contributed by atoms with Gasteiger partial charge >= 0.3 is 0 Å². The highest BCUT2D eigenvalue weighted by Gasteiger charge is 2.19. The van der Waals surface area contributed by atoms with Gasteiger partial charge in [0, 0.05) is 10.0 Å². The Morgan fingerprint density at radius 3 is 2.55 bits per heavy atom. The van der Waals surface area contributed by atoms with Crippen molar-refractivity contribution in [2.45, 2.75) is 11.8 Å². The molecule has 0 N–H and O–H groups in total. The van der Waals surface area contributed by atoms with Crippen molar-refractivity contribution < 1.29 is 13.5 Å². The normalized spacial score (nSPS) is 12.2. The van der Waals surface area contributed by atoms with Gasteiger partial charge in [-0.25, -0.2) is 8.78 Å². The molecule has 0 spiro atoms. The molecule has 2 aromatic carbocycles. The number of hydrogen-bond acceptors (Lipinski definition) is 1. The van der Waals surface area contributed by atoms with Crippen LogP contribution in [0.2, 0.25) is 0 Å². The second-order valence-corrected chi connectivity index (χ2v) is 5.89. The van der Waals surface area contributed by atoms with Crippen LogP contribution in [0.15, 0.2) is 40.9 Å². The molecule has 0 saturated carbocycles. The Balaban J connectivity index is 2.38. The van der Waals surface area contributed by atoms with Gasteiger partial charge < -0.3 is 4.74 Å². The fourth-order valence-electron chi connectivity index (χ4n) is 1.85. The van der Waals surface area contributed by atoms with Gasteiger partial charge in [0.15, 0.2) is 11.6 Å². The average molecular weight is 406 g/mol. The number of ether oxygens (including phenoxy) is 1. The van der Waals surface area contributed by atoms with E-state index in [1.165, 1.54) is 6.07 Å². The number of benzene rings is 2. The summed E-state index contributed by atoms with van der Waals surface area (Å²) >= 11 is 6.85. The van der Waals surface area contributed by atoms with Crippen LogP contribution >= 0.6 is 31.9 Å². The van der Waals surface area contributed by atoms with E-state index in [-0.39, 0.29) is 5.56 Å². The van der Waals surface area contributed by atoms with Gasteiger partial charge in [-0.05, 0) is 30.7 Å². The minimum Gasteiger partial charge on any atom is -0.494 e. The molecule has 0 aromatic heterocycles. The summed E-state index contributed by atoms with van der Waals surface area (Å²) in [5, 5.41) is 0. The zero-order valence-electron chi connectivity index (χ0n) is 10.7. The lowest BCUT2D eigenvalue weighted by molar-refractivity contribution is 0.340. The van der Waals surface area contributed by atoms with Crippen LogP contribution < -0.4 is 4.74 Å². The van der Waals surface area contributed by atoms with Gasteiger partial charge in [0.2, 0.25) is 0 Å². The molecule has 0 saturated heterocycles. The lowest BCUT2D eigenvalue weighted by Crippen LogP contribution is -2.00. The van der Waals surface area contributed by atoms with Gasteiger partial charge in [0.25, 0.3) is 0 Å². The van der Waals surface area contributed by atoms with Crippen LogP contribution in [0.4, 0.5) is 8.78 Å². The Morgan fingerprint density at radius 2 is 1.90 bits per heavy atom. The smallest absolute Gasteiger partial charge is 0.163 e. The summed E-state index contributed by atoms with van der Waals surface area (Å²) in [5.74, 6) is -0.966. The van der Waals surface area contributed by atoms with Crippen LogP contribution in [0.1, 0.15) is 22.9 Å². The first-order valence-electron chi connectivity index (χ1n) is 6.04. The van der Waals surface area contributed by atoms with E-state index in [9.17, 15) is 8.78 Å². The lowest BCUT2D eigenvalue weighted by atomic mass is 10.0. The molecule has 0 amide bonds.